The van der Waals surface area contributed by atoms with Gasteiger partial charge in [-0.15, -0.1) is 0 Å². The van der Waals surface area contributed by atoms with Crippen LogP contribution in [0.5, 0.6) is 0 Å². The van der Waals surface area contributed by atoms with Gasteiger partial charge >= 0.3 is 7.12 Å². The molecule has 28 heavy (non-hydrogen) atoms. The zero-order chi connectivity index (χ0) is 20.7. The van der Waals surface area contributed by atoms with Crippen LogP contribution in [0.1, 0.15) is 27.7 Å². The lowest BCUT2D eigenvalue weighted by Crippen LogP contribution is -2.41. The zero-order valence-corrected chi connectivity index (χ0v) is 17.7. The van der Waals surface area contributed by atoms with E-state index in [1.54, 1.807) is 24.0 Å². The summed E-state index contributed by atoms with van der Waals surface area (Å²) < 4.78 is 27.8. The van der Waals surface area contributed by atoms with Gasteiger partial charge in [0.2, 0.25) is 0 Å². The summed E-state index contributed by atoms with van der Waals surface area (Å²) in [5, 5.41) is 5.74. The van der Waals surface area contributed by atoms with E-state index >= 15 is 0 Å². The average molecular weight is 425 g/mol. The van der Waals surface area contributed by atoms with Crippen molar-refractivity contribution < 1.29 is 13.7 Å². The van der Waals surface area contributed by atoms with E-state index in [1.165, 1.54) is 18.5 Å². The third kappa shape index (κ3) is 4.15. The van der Waals surface area contributed by atoms with Gasteiger partial charge in [-0.05, 0) is 39.8 Å². The molecule has 0 unspecified atom stereocenters. The van der Waals surface area contributed by atoms with Gasteiger partial charge in [-0.25, -0.2) is 14.4 Å². The number of aryl methyl sites for hydroxylation is 1. The molecule has 1 aromatic carbocycles. The Hall–Kier alpha value is -1.74. The van der Waals surface area contributed by atoms with E-state index in [1.807, 2.05) is 27.7 Å². The minimum Gasteiger partial charge on any atom is -0.399 e. The molecule has 0 aliphatic carbocycles. The SMILES string of the molecule is Clc1cc(Cl)ncn1.Cn1ncc2cc(B3OC(C)(C)C(C)(C)O3)c(F)cc21. The van der Waals surface area contributed by atoms with E-state index in [0.717, 1.165) is 10.9 Å². The summed E-state index contributed by atoms with van der Waals surface area (Å²) in [5.74, 6) is -0.334. The molecule has 1 aliphatic heterocycles. The molecule has 0 atom stereocenters. The van der Waals surface area contributed by atoms with Gasteiger partial charge in [-0.1, -0.05) is 23.2 Å². The van der Waals surface area contributed by atoms with Gasteiger partial charge in [-0.3, -0.25) is 4.68 Å². The maximum Gasteiger partial charge on any atom is 0.497 e. The van der Waals surface area contributed by atoms with Crippen molar-refractivity contribution in [2.24, 2.45) is 7.05 Å². The van der Waals surface area contributed by atoms with Gasteiger partial charge < -0.3 is 9.31 Å². The number of rotatable bonds is 1. The molecule has 0 amide bonds. The van der Waals surface area contributed by atoms with Gasteiger partial charge in [0.05, 0.1) is 22.9 Å². The lowest BCUT2D eigenvalue weighted by atomic mass is 9.78. The van der Waals surface area contributed by atoms with Crippen molar-refractivity contribution in [2.75, 3.05) is 0 Å². The molecule has 4 rings (SSSR count). The molecule has 3 aromatic rings. The Morgan fingerprint density at radius 1 is 1.00 bits per heavy atom. The Kier molecular flexibility index (Phi) is 5.69. The van der Waals surface area contributed by atoms with Crippen molar-refractivity contribution in [1.82, 2.24) is 19.7 Å². The number of aromatic nitrogens is 4. The lowest BCUT2D eigenvalue weighted by molar-refractivity contribution is 0.00578. The quantitative estimate of drug-likeness (QED) is 0.439. The van der Waals surface area contributed by atoms with Crippen LogP contribution in [-0.2, 0) is 16.4 Å². The van der Waals surface area contributed by atoms with Crippen molar-refractivity contribution in [1.29, 1.82) is 0 Å². The molecule has 1 saturated heterocycles. The van der Waals surface area contributed by atoms with Crippen molar-refractivity contribution in [3.8, 4) is 0 Å². The molecule has 6 nitrogen and oxygen atoms in total. The largest absolute Gasteiger partial charge is 0.497 e. The van der Waals surface area contributed by atoms with Crippen LogP contribution < -0.4 is 5.46 Å². The second kappa shape index (κ2) is 7.59. The maximum absolute atomic E-state index is 14.3. The lowest BCUT2D eigenvalue weighted by Gasteiger charge is -2.32. The van der Waals surface area contributed by atoms with Crippen molar-refractivity contribution in [2.45, 2.75) is 38.9 Å². The first kappa shape index (κ1) is 21.0. The van der Waals surface area contributed by atoms with E-state index in [4.69, 9.17) is 32.5 Å². The normalized spacial score (nSPS) is 17.5. The zero-order valence-electron chi connectivity index (χ0n) is 16.2. The van der Waals surface area contributed by atoms with Gasteiger partial charge in [-0.2, -0.15) is 5.10 Å². The number of halogens is 3. The Morgan fingerprint density at radius 2 is 1.57 bits per heavy atom. The highest BCUT2D eigenvalue weighted by Crippen LogP contribution is 2.36. The first-order valence-corrected chi connectivity index (χ1v) is 9.35. The Bertz CT molecular complexity index is 979. The predicted molar refractivity (Wildman–Crippen MR) is 108 cm³/mol. The van der Waals surface area contributed by atoms with E-state index in [9.17, 15) is 4.39 Å². The van der Waals surface area contributed by atoms with Crippen LogP contribution in [0.3, 0.4) is 0 Å². The molecular formula is C18H20BCl2FN4O2. The Labute approximate surface area is 173 Å². The van der Waals surface area contributed by atoms with Crippen molar-refractivity contribution in [3.63, 3.8) is 0 Å². The molecule has 0 bridgehead atoms. The number of hydrogen-bond donors (Lipinski definition) is 0. The summed E-state index contributed by atoms with van der Waals surface area (Å²) in [6.45, 7) is 7.81. The molecular weight excluding hydrogens is 405 g/mol. The number of nitrogens with zero attached hydrogens (tertiary/aromatic N) is 4. The first-order valence-electron chi connectivity index (χ1n) is 8.60. The number of hydrogen-bond acceptors (Lipinski definition) is 5. The third-order valence-corrected chi connectivity index (χ3v) is 5.39. The highest BCUT2D eigenvalue weighted by molar-refractivity contribution is 6.62. The molecule has 2 aromatic heterocycles. The highest BCUT2D eigenvalue weighted by atomic mass is 35.5. The monoisotopic (exact) mass is 424 g/mol. The number of benzene rings is 1. The summed E-state index contributed by atoms with van der Waals surface area (Å²) in [6.07, 6.45) is 3.02. The second-order valence-corrected chi connectivity index (χ2v) is 8.23. The van der Waals surface area contributed by atoms with Crippen LogP contribution >= 0.6 is 23.2 Å². The minimum absolute atomic E-state index is 0.334. The van der Waals surface area contributed by atoms with Gasteiger partial charge in [0, 0.05) is 24.0 Å². The third-order valence-electron chi connectivity index (χ3n) is 4.97. The summed E-state index contributed by atoms with van der Waals surface area (Å²) >= 11 is 10.8. The van der Waals surface area contributed by atoms with E-state index < -0.39 is 18.3 Å². The molecule has 1 aliphatic rings. The molecule has 3 heterocycles. The van der Waals surface area contributed by atoms with Crippen LogP contribution in [0.2, 0.25) is 10.3 Å². The fourth-order valence-corrected chi connectivity index (χ4v) is 3.00. The summed E-state index contributed by atoms with van der Waals surface area (Å²) in [5.41, 5.74) is 0.217. The second-order valence-electron chi connectivity index (χ2n) is 7.45. The molecule has 0 spiro atoms. The van der Waals surface area contributed by atoms with Crippen LogP contribution in [0.4, 0.5) is 4.39 Å². The van der Waals surface area contributed by atoms with E-state index in [0.29, 0.717) is 15.8 Å². The van der Waals surface area contributed by atoms with Crippen LogP contribution in [0, 0.1) is 5.82 Å². The fourth-order valence-electron chi connectivity index (χ4n) is 2.65. The fraction of sp³-hybridized carbons (Fsp3) is 0.389. The highest BCUT2D eigenvalue weighted by Gasteiger charge is 2.52. The van der Waals surface area contributed by atoms with Gasteiger partial charge in [0.1, 0.15) is 22.5 Å². The summed E-state index contributed by atoms with van der Waals surface area (Å²) in [6, 6.07) is 4.70. The van der Waals surface area contributed by atoms with Crippen LogP contribution in [0.25, 0.3) is 10.9 Å². The number of fused-ring (bicyclic) bond motifs is 1. The van der Waals surface area contributed by atoms with Crippen LogP contribution in [0.15, 0.2) is 30.7 Å². The average Bonchev–Trinajstić information content (AvgIpc) is 3.03. The van der Waals surface area contributed by atoms with Gasteiger partial charge in [0.25, 0.3) is 0 Å². The molecule has 148 valence electrons. The Morgan fingerprint density at radius 3 is 2.07 bits per heavy atom. The summed E-state index contributed by atoms with van der Waals surface area (Å²) in [7, 11) is 1.10. The first-order chi connectivity index (χ1) is 13.0. The minimum atomic E-state index is -0.690. The molecule has 0 N–H and O–H groups in total. The van der Waals surface area contributed by atoms with E-state index in [-0.39, 0.29) is 5.82 Å². The molecule has 0 saturated carbocycles. The topological polar surface area (TPSA) is 62.1 Å². The molecule has 1 fully saturated rings. The molecule has 0 radical (unpaired) electrons. The van der Waals surface area contributed by atoms with Crippen LogP contribution in [-0.4, -0.2) is 38.1 Å². The van der Waals surface area contributed by atoms with Crippen molar-refractivity contribution >= 4 is 46.7 Å². The maximum atomic E-state index is 14.3. The van der Waals surface area contributed by atoms with E-state index in [2.05, 4.69) is 15.1 Å². The smallest absolute Gasteiger partial charge is 0.399 e. The Balaban J connectivity index is 0.000000236. The van der Waals surface area contributed by atoms with Gasteiger partial charge in [0.15, 0.2) is 0 Å². The predicted octanol–water partition coefficient (Wildman–Crippen LogP) is 3.80. The summed E-state index contributed by atoms with van der Waals surface area (Å²) in [4.78, 5) is 7.22. The molecule has 10 heteroatoms. The van der Waals surface area contributed by atoms with Crippen molar-refractivity contribution in [3.05, 3.63) is 46.8 Å². The standard InChI is InChI=1S/C14H18BFN2O2.C4H2Cl2N2/c1-13(2)14(3,4)20-15(19-13)10-6-9-8-17-18(5)12(9)7-11(10)16;5-3-1-4(6)8-2-7-3/h6-8H,1-5H3;1-2H.